The third kappa shape index (κ3) is 1.86. The van der Waals surface area contributed by atoms with Crippen LogP contribution in [0.15, 0.2) is 24.3 Å². The number of carbonyl (C=O) groups excluding carboxylic acids is 1. The largest absolute Gasteiger partial charge is 0.497 e. The molecule has 2 rings (SSSR count). The Bertz CT molecular complexity index is 458. The van der Waals surface area contributed by atoms with Crippen LogP contribution >= 0.6 is 12.2 Å². The molecule has 90 valence electrons. The standard InChI is InChI=1S/C12H14N2O2S/c1-3-12(10(15)13-11(17)14-12)8-4-6-9(16-2)7-5-8/h4-7H,3H2,1-2H3,(H2,13,14,15,17). The number of thiocarbonyl (C=S) groups is 1. The predicted molar refractivity (Wildman–Crippen MR) is 68.8 cm³/mol. The van der Waals surface area contributed by atoms with Crippen LogP contribution in [-0.4, -0.2) is 18.1 Å². The van der Waals surface area contributed by atoms with Crippen molar-refractivity contribution in [3.63, 3.8) is 0 Å². The fourth-order valence-corrected chi connectivity index (χ4v) is 2.29. The first-order valence-corrected chi connectivity index (χ1v) is 5.81. The molecule has 1 aromatic carbocycles. The van der Waals surface area contributed by atoms with Crippen molar-refractivity contribution in [2.24, 2.45) is 0 Å². The molecule has 0 saturated carbocycles. The lowest BCUT2D eigenvalue weighted by atomic mass is 9.87. The topological polar surface area (TPSA) is 50.4 Å². The number of ether oxygens (including phenoxy) is 1. The molecular weight excluding hydrogens is 236 g/mol. The number of rotatable bonds is 3. The lowest BCUT2D eigenvalue weighted by molar-refractivity contribution is -0.124. The summed E-state index contributed by atoms with van der Waals surface area (Å²) < 4.78 is 5.10. The fourth-order valence-electron chi connectivity index (χ4n) is 2.02. The minimum absolute atomic E-state index is 0.102. The third-order valence-electron chi connectivity index (χ3n) is 3.05. The number of hydrogen-bond acceptors (Lipinski definition) is 3. The van der Waals surface area contributed by atoms with E-state index in [4.69, 9.17) is 17.0 Å². The Labute approximate surface area is 105 Å². The molecule has 0 radical (unpaired) electrons. The van der Waals surface area contributed by atoms with E-state index >= 15 is 0 Å². The minimum atomic E-state index is -0.747. The number of amides is 1. The molecule has 5 heteroatoms. The summed E-state index contributed by atoms with van der Waals surface area (Å²) in [6.07, 6.45) is 0.630. The van der Waals surface area contributed by atoms with Crippen LogP contribution in [-0.2, 0) is 10.3 Å². The van der Waals surface area contributed by atoms with Gasteiger partial charge in [-0.2, -0.15) is 0 Å². The maximum Gasteiger partial charge on any atom is 0.256 e. The van der Waals surface area contributed by atoms with Gasteiger partial charge in [0.15, 0.2) is 5.11 Å². The van der Waals surface area contributed by atoms with Crippen LogP contribution in [0.4, 0.5) is 0 Å². The maximum atomic E-state index is 12.0. The van der Waals surface area contributed by atoms with Gasteiger partial charge in [-0.15, -0.1) is 0 Å². The van der Waals surface area contributed by atoms with E-state index in [9.17, 15) is 4.79 Å². The van der Waals surface area contributed by atoms with Crippen molar-refractivity contribution in [3.8, 4) is 5.75 Å². The highest BCUT2D eigenvalue weighted by Gasteiger charge is 2.44. The summed E-state index contributed by atoms with van der Waals surface area (Å²) in [4.78, 5) is 12.0. The molecule has 0 aromatic heterocycles. The van der Waals surface area contributed by atoms with E-state index in [1.54, 1.807) is 7.11 Å². The van der Waals surface area contributed by atoms with Gasteiger partial charge in [-0.05, 0) is 36.3 Å². The van der Waals surface area contributed by atoms with Gasteiger partial charge in [0.1, 0.15) is 11.3 Å². The van der Waals surface area contributed by atoms with Crippen molar-refractivity contribution in [1.82, 2.24) is 10.6 Å². The third-order valence-corrected chi connectivity index (χ3v) is 3.26. The van der Waals surface area contributed by atoms with Crippen LogP contribution in [0.5, 0.6) is 5.75 Å². The molecule has 1 saturated heterocycles. The summed E-state index contributed by atoms with van der Waals surface area (Å²) in [5, 5.41) is 6.07. The quantitative estimate of drug-likeness (QED) is 0.794. The summed E-state index contributed by atoms with van der Waals surface area (Å²) >= 11 is 4.99. The number of benzene rings is 1. The molecule has 0 bridgehead atoms. The van der Waals surface area contributed by atoms with Crippen LogP contribution in [0.1, 0.15) is 18.9 Å². The van der Waals surface area contributed by atoms with Gasteiger partial charge in [-0.25, -0.2) is 0 Å². The number of nitrogens with one attached hydrogen (secondary N) is 2. The lowest BCUT2D eigenvalue weighted by Gasteiger charge is -2.25. The van der Waals surface area contributed by atoms with Gasteiger partial charge in [-0.1, -0.05) is 19.1 Å². The molecule has 1 aliphatic heterocycles. The van der Waals surface area contributed by atoms with Gasteiger partial charge in [0, 0.05) is 0 Å². The van der Waals surface area contributed by atoms with Crippen molar-refractivity contribution in [2.75, 3.05) is 7.11 Å². The molecule has 1 heterocycles. The number of hydrogen-bond donors (Lipinski definition) is 2. The predicted octanol–water partition coefficient (Wildman–Crippen LogP) is 1.30. The van der Waals surface area contributed by atoms with Gasteiger partial charge in [-0.3, -0.25) is 4.79 Å². The van der Waals surface area contributed by atoms with Crippen molar-refractivity contribution in [3.05, 3.63) is 29.8 Å². The molecule has 1 aliphatic rings. The second kappa shape index (κ2) is 4.33. The summed E-state index contributed by atoms with van der Waals surface area (Å²) in [6, 6.07) is 7.43. The first-order valence-electron chi connectivity index (χ1n) is 5.40. The smallest absolute Gasteiger partial charge is 0.256 e. The van der Waals surface area contributed by atoms with Gasteiger partial charge < -0.3 is 15.4 Å². The second-order valence-electron chi connectivity index (χ2n) is 3.90. The van der Waals surface area contributed by atoms with E-state index in [1.165, 1.54) is 0 Å². The monoisotopic (exact) mass is 250 g/mol. The second-order valence-corrected chi connectivity index (χ2v) is 4.30. The SMILES string of the molecule is CCC1(c2ccc(OC)cc2)NC(=S)NC1=O. The van der Waals surface area contributed by atoms with E-state index in [2.05, 4.69) is 10.6 Å². The molecule has 17 heavy (non-hydrogen) atoms. The average Bonchev–Trinajstić information content (AvgIpc) is 2.65. The van der Waals surface area contributed by atoms with E-state index in [0.717, 1.165) is 11.3 Å². The van der Waals surface area contributed by atoms with E-state index in [0.29, 0.717) is 11.5 Å². The Hall–Kier alpha value is -1.62. The molecule has 1 aromatic rings. The van der Waals surface area contributed by atoms with Crippen LogP contribution in [0.25, 0.3) is 0 Å². The first kappa shape index (κ1) is 11.9. The molecule has 0 spiro atoms. The Morgan fingerprint density at radius 1 is 1.35 bits per heavy atom. The molecule has 1 amide bonds. The summed E-state index contributed by atoms with van der Waals surface area (Å²) in [6.45, 7) is 1.95. The lowest BCUT2D eigenvalue weighted by Crippen LogP contribution is -2.43. The van der Waals surface area contributed by atoms with Crippen molar-refractivity contribution in [2.45, 2.75) is 18.9 Å². The van der Waals surface area contributed by atoms with E-state index in [1.807, 2.05) is 31.2 Å². The summed E-state index contributed by atoms with van der Waals surface area (Å²) in [5.41, 5.74) is 0.141. The van der Waals surface area contributed by atoms with E-state index < -0.39 is 5.54 Å². The Morgan fingerprint density at radius 3 is 2.41 bits per heavy atom. The van der Waals surface area contributed by atoms with Crippen molar-refractivity contribution >= 4 is 23.2 Å². The molecule has 0 aliphatic carbocycles. The Morgan fingerprint density at radius 2 is 2.00 bits per heavy atom. The van der Waals surface area contributed by atoms with Crippen LogP contribution in [0.3, 0.4) is 0 Å². The van der Waals surface area contributed by atoms with Crippen molar-refractivity contribution in [1.29, 1.82) is 0 Å². The zero-order chi connectivity index (χ0) is 12.5. The van der Waals surface area contributed by atoms with Gasteiger partial charge in [0.2, 0.25) is 0 Å². The van der Waals surface area contributed by atoms with Gasteiger partial charge in [0.05, 0.1) is 7.11 Å². The Kier molecular flexibility index (Phi) is 3.02. The summed E-state index contributed by atoms with van der Waals surface area (Å²) in [5.74, 6) is 0.663. The van der Waals surface area contributed by atoms with Gasteiger partial charge >= 0.3 is 0 Å². The molecule has 1 atom stereocenters. The number of methoxy groups -OCH3 is 1. The highest BCUT2D eigenvalue weighted by atomic mass is 32.1. The molecular formula is C12H14N2O2S. The van der Waals surface area contributed by atoms with Gasteiger partial charge in [0.25, 0.3) is 5.91 Å². The molecule has 1 fully saturated rings. The first-order chi connectivity index (χ1) is 8.12. The van der Waals surface area contributed by atoms with Crippen LogP contribution < -0.4 is 15.4 Å². The van der Waals surface area contributed by atoms with Crippen molar-refractivity contribution < 1.29 is 9.53 Å². The normalized spacial score (nSPS) is 23.2. The zero-order valence-corrected chi connectivity index (χ0v) is 10.6. The zero-order valence-electron chi connectivity index (χ0n) is 9.74. The fraction of sp³-hybridized carbons (Fsp3) is 0.333. The Balaban J connectivity index is 2.41. The minimum Gasteiger partial charge on any atom is -0.497 e. The number of carbonyl (C=O) groups is 1. The van der Waals surface area contributed by atoms with Crippen LogP contribution in [0, 0.1) is 0 Å². The average molecular weight is 250 g/mol. The molecule has 2 N–H and O–H groups in total. The van der Waals surface area contributed by atoms with E-state index in [-0.39, 0.29) is 5.91 Å². The highest BCUT2D eigenvalue weighted by molar-refractivity contribution is 7.80. The highest BCUT2D eigenvalue weighted by Crippen LogP contribution is 2.29. The van der Waals surface area contributed by atoms with Crippen LogP contribution in [0.2, 0.25) is 0 Å². The molecule has 1 unspecified atom stereocenters. The molecule has 4 nitrogen and oxygen atoms in total. The summed E-state index contributed by atoms with van der Waals surface area (Å²) in [7, 11) is 1.61. The maximum absolute atomic E-state index is 12.0.